The average molecular weight is 376 g/mol. The number of hydrogen-bond acceptors (Lipinski definition) is 1. The second-order valence-electron chi connectivity index (χ2n) is 6.85. The highest BCUT2D eigenvalue weighted by molar-refractivity contribution is 7.34. The van der Waals surface area contributed by atoms with Crippen molar-refractivity contribution in [1.29, 1.82) is 0 Å². The van der Waals surface area contributed by atoms with Crippen LogP contribution in [0.3, 0.4) is 0 Å². The lowest BCUT2D eigenvalue weighted by atomic mass is 9.86. The molecule has 0 N–H and O–H groups in total. The van der Waals surface area contributed by atoms with Gasteiger partial charge >= 0.3 is 0 Å². The van der Waals surface area contributed by atoms with Gasteiger partial charge in [-0.2, -0.15) is 0 Å². The zero-order valence-corrected chi connectivity index (χ0v) is 16.1. The fraction of sp³-hybridized carbons (Fsp3) is 0. The Hall–Kier alpha value is -3.28. The largest absolute Gasteiger partial charge is 0.269 e. The number of benzene rings is 5. The first kappa shape index (κ1) is 16.9. The van der Waals surface area contributed by atoms with E-state index in [1.165, 1.54) is 38.2 Å². The molecule has 0 saturated carbocycles. The van der Waals surface area contributed by atoms with Crippen molar-refractivity contribution >= 4 is 35.3 Å². The maximum Gasteiger partial charge on any atom is 0.192 e. The molecule has 0 unspecified atom stereocenters. The van der Waals surface area contributed by atoms with Crippen molar-refractivity contribution in [3.63, 3.8) is 0 Å². The lowest BCUT2D eigenvalue weighted by Gasteiger charge is -2.17. The molecule has 0 aliphatic heterocycles. The van der Waals surface area contributed by atoms with E-state index in [2.05, 4.69) is 84.9 Å². The topological polar surface area (TPSA) is 17.1 Å². The molecule has 132 valence electrons. The third-order valence-electron chi connectivity index (χ3n) is 5.23. The van der Waals surface area contributed by atoms with Crippen molar-refractivity contribution in [2.24, 2.45) is 0 Å². The van der Waals surface area contributed by atoms with Crippen LogP contribution >= 0.6 is 8.46 Å². The van der Waals surface area contributed by atoms with E-state index in [1.807, 2.05) is 18.2 Å². The molecule has 0 saturated heterocycles. The van der Waals surface area contributed by atoms with E-state index in [9.17, 15) is 4.57 Å². The van der Waals surface area contributed by atoms with Gasteiger partial charge in [0.2, 0.25) is 0 Å². The fourth-order valence-electron chi connectivity index (χ4n) is 4.07. The molecule has 5 rings (SSSR count). The first-order chi connectivity index (χ1) is 13.9. The molecule has 0 aliphatic rings. The molecule has 0 radical (unpaired) electrons. The van der Waals surface area contributed by atoms with Crippen LogP contribution in [0.15, 0.2) is 103 Å². The minimum absolute atomic E-state index is 0.0444. The van der Waals surface area contributed by atoms with Crippen molar-refractivity contribution in [3.05, 3.63) is 103 Å². The number of rotatable bonds is 3. The van der Waals surface area contributed by atoms with E-state index in [4.69, 9.17) is 0 Å². The van der Waals surface area contributed by atoms with E-state index >= 15 is 0 Å². The Kier molecular flexibility index (Phi) is 4.24. The molecule has 5 aromatic carbocycles. The summed E-state index contributed by atoms with van der Waals surface area (Å²) in [5.74, 6) is 0. The van der Waals surface area contributed by atoms with Crippen molar-refractivity contribution in [1.82, 2.24) is 0 Å². The SMILES string of the molecule is O=Pc1cccc(-c2c3ccccc3c(-c3ccccc3)c3ccccc23)c1. The van der Waals surface area contributed by atoms with Gasteiger partial charge in [0.15, 0.2) is 8.46 Å². The summed E-state index contributed by atoms with van der Waals surface area (Å²) in [7, 11) is 0.0444. The molecule has 0 spiro atoms. The molecule has 0 aliphatic carbocycles. The molecule has 0 aromatic heterocycles. The van der Waals surface area contributed by atoms with Gasteiger partial charge in [0.1, 0.15) is 0 Å². The molecule has 2 heteroatoms. The van der Waals surface area contributed by atoms with Crippen molar-refractivity contribution < 1.29 is 4.57 Å². The molecule has 0 amide bonds. The highest BCUT2D eigenvalue weighted by Crippen LogP contribution is 2.43. The highest BCUT2D eigenvalue weighted by atomic mass is 31.1. The normalized spacial score (nSPS) is 11.3. The zero-order chi connectivity index (χ0) is 18.9. The average Bonchev–Trinajstić information content (AvgIpc) is 2.78. The van der Waals surface area contributed by atoms with Crippen LogP contribution in [-0.2, 0) is 4.57 Å². The van der Waals surface area contributed by atoms with Gasteiger partial charge in [-0.1, -0.05) is 91.0 Å². The second-order valence-corrected chi connectivity index (χ2v) is 7.55. The molecular formula is C26H17OP. The van der Waals surface area contributed by atoms with E-state index in [0.717, 1.165) is 10.9 Å². The Morgan fingerprint density at radius 2 is 0.929 bits per heavy atom. The molecule has 0 bridgehead atoms. The Balaban J connectivity index is 1.99. The monoisotopic (exact) mass is 376 g/mol. The Morgan fingerprint density at radius 1 is 0.464 bits per heavy atom. The highest BCUT2D eigenvalue weighted by Gasteiger charge is 2.16. The van der Waals surface area contributed by atoms with Crippen molar-refractivity contribution in [3.8, 4) is 22.3 Å². The van der Waals surface area contributed by atoms with E-state index in [-0.39, 0.29) is 8.46 Å². The van der Waals surface area contributed by atoms with Crippen LogP contribution in [0.5, 0.6) is 0 Å². The predicted octanol–water partition coefficient (Wildman–Crippen LogP) is 7.24. The first-order valence-electron chi connectivity index (χ1n) is 9.29. The van der Waals surface area contributed by atoms with Gasteiger partial charge in [0, 0.05) is 5.30 Å². The van der Waals surface area contributed by atoms with Gasteiger partial charge in [0.05, 0.1) is 0 Å². The van der Waals surface area contributed by atoms with Gasteiger partial charge in [-0.05, 0) is 55.9 Å². The summed E-state index contributed by atoms with van der Waals surface area (Å²) in [6.45, 7) is 0. The van der Waals surface area contributed by atoms with Crippen LogP contribution in [-0.4, -0.2) is 0 Å². The lowest BCUT2D eigenvalue weighted by molar-refractivity contribution is 0.603. The van der Waals surface area contributed by atoms with Crippen LogP contribution in [0, 0.1) is 0 Å². The molecule has 1 nitrogen and oxygen atoms in total. The molecular weight excluding hydrogens is 359 g/mol. The molecule has 0 heterocycles. The molecule has 0 fully saturated rings. The Bertz CT molecular complexity index is 1270. The van der Waals surface area contributed by atoms with Gasteiger partial charge in [-0.3, -0.25) is 4.57 Å². The summed E-state index contributed by atoms with van der Waals surface area (Å²) in [4.78, 5) is 0. The maximum absolute atomic E-state index is 11.5. The maximum atomic E-state index is 11.5. The van der Waals surface area contributed by atoms with Gasteiger partial charge in [0.25, 0.3) is 0 Å². The summed E-state index contributed by atoms with van der Waals surface area (Å²) >= 11 is 0. The molecule has 5 aromatic rings. The summed E-state index contributed by atoms with van der Waals surface area (Å²) in [6.07, 6.45) is 0. The second kappa shape index (κ2) is 7.03. The Morgan fingerprint density at radius 3 is 1.46 bits per heavy atom. The minimum atomic E-state index is 0.0444. The number of hydrogen-bond donors (Lipinski definition) is 0. The fourth-order valence-corrected chi connectivity index (χ4v) is 4.41. The van der Waals surface area contributed by atoms with Gasteiger partial charge in [-0.25, -0.2) is 0 Å². The third-order valence-corrected chi connectivity index (χ3v) is 5.72. The van der Waals surface area contributed by atoms with Crippen LogP contribution in [0.4, 0.5) is 0 Å². The van der Waals surface area contributed by atoms with Gasteiger partial charge in [-0.15, -0.1) is 0 Å². The summed E-state index contributed by atoms with van der Waals surface area (Å²) in [6, 6.07) is 35.7. The van der Waals surface area contributed by atoms with E-state index in [1.54, 1.807) is 0 Å². The summed E-state index contributed by atoms with van der Waals surface area (Å²) in [5, 5.41) is 5.66. The van der Waals surface area contributed by atoms with Crippen LogP contribution < -0.4 is 5.30 Å². The summed E-state index contributed by atoms with van der Waals surface area (Å²) < 4.78 is 11.5. The lowest BCUT2D eigenvalue weighted by Crippen LogP contribution is -1.94. The van der Waals surface area contributed by atoms with Crippen molar-refractivity contribution in [2.45, 2.75) is 0 Å². The van der Waals surface area contributed by atoms with Crippen molar-refractivity contribution in [2.75, 3.05) is 0 Å². The quantitative estimate of drug-likeness (QED) is 0.239. The van der Waals surface area contributed by atoms with E-state index < -0.39 is 0 Å². The zero-order valence-electron chi connectivity index (χ0n) is 15.2. The van der Waals surface area contributed by atoms with Crippen LogP contribution in [0.2, 0.25) is 0 Å². The van der Waals surface area contributed by atoms with Crippen LogP contribution in [0.25, 0.3) is 43.8 Å². The standard InChI is InChI=1S/C26H17OP/c27-28-20-12-8-11-19(17-20)26-23-15-6-4-13-21(23)25(18-9-2-1-3-10-18)22-14-5-7-16-24(22)26/h1-17H. The predicted molar refractivity (Wildman–Crippen MR) is 120 cm³/mol. The first-order valence-corrected chi connectivity index (χ1v) is 10.1. The molecule has 28 heavy (non-hydrogen) atoms. The molecule has 0 atom stereocenters. The smallest absolute Gasteiger partial charge is 0.192 e. The number of fused-ring (bicyclic) bond motifs is 2. The van der Waals surface area contributed by atoms with E-state index in [0.29, 0.717) is 0 Å². The van der Waals surface area contributed by atoms with Gasteiger partial charge < -0.3 is 0 Å². The Labute approximate surface area is 165 Å². The third kappa shape index (κ3) is 2.72. The summed E-state index contributed by atoms with van der Waals surface area (Å²) in [5.41, 5.74) is 4.76. The minimum Gasteiger partial charge on any atom is -0.269 e. The van der Waals surface area contributed by atoms with Crippen LogP contribution in [0.1, 0.15) is 0 Å².